The number of rotatable bonds is 3. The van der Waals surface area contributed by atoms with E-state index in [1.807, 2.05) is 27.7 Å². The van der Waals surface area contributed by atoms with Gasteiger partial charge in [0.15, 0.2) is 0 Å². The fraction of sp³-hybridized carbons (Fsp3) is 0.588. The van der Waals surface area contributed by atoms with E-state index in [0.29, 0.717) is 13.1 Å². The lowest BCUT2D eigenvalue weighted by atomic mass is 10.1. The van der Waals surface area contributed by atoms with Gasteiger partial charge in [0.2, 0.25) is 0 Å². The third-order valence-electron chi connectivity index (χ3n) is 3.81. The Morgan fingerprint density at radius 2 is 2.09 bits per heavy atom. The monoisotopic (exact) mass is 322 g/mol. The molecule has 6 nitrogen and oxygen atoms in total. The summed E-state index contributed by atoms with van der Waals surface area (Å²) in [5.74, 6) is 0.0995. The normalized spacial score (nSPS) is 19.7. The molecule has 2 unspecified atom stereocenters. The van der Waals surface area contributed by atoms with Crippen LogP contribution in [0.1, 0.15) is 45.7 Å². The van der Waals surface area contributed by atoms with Crippen molar-refractivity contribution in [1.29, 1.82) is 0 Å². The summed E-state index contributed by atoms with van der Waals surface area (Å²) in [6.07, 6.45) is 0.546. The summed E-state index contributed by atoms with van der Waals surface area (Å²) in [7, 11) is 0. The van der Waals surface area contributed by atoms with E-state index in [4.69, 9.17) is 4.74 Å². The van der Waals surface area contributed by atoms with Crippen LogP contribution in [0.3, 0.4) is 0 Å². The van der Waals surface area contributed by atoms with Gasteiger partial charge in [-0.3, -0.25) is 0 Å². The van der Waals surface area contributed by atoms with Gasteiger partial charge >= 0.3 is 6.09 Å². The Hall–Kier alpha value is -1.95. The Balaban J connectivity index is 1.91. The Labute approximate surface area is 137 Å². The highest BCUT2D eigenvalue weighted by Gasteiger charge is 2.30. The van der Waals surface area contributed by atoms with E-state index in [0.717, 1.165) is 12.0 Å². The number of nitrogens with zero attached hydrogens (tertiary/aromatic N) is 1. The van der Waals surface area contributed by atoms with E-state index in [1.165, 1.54) is 6.07 Å². The molecule has 23 heavy (non-hydrogen) atoms. The average molecular weight is 322 g/mol. The molecule has 0 saturated carbocycles. The third-order valence-corrected chi connectivity index (χ3v) is 3.81. The van der Waals surface area contributed by atoms with Gasteiger partial charge in [0, 0.05) is 36.8 Å². The summed E-state index contributed by atoms with van der Waals surface area (Å²) >= 11 is 0. The average Bonchev–Trinajstić information content (AvgIpc) is 2.85. The molecule has 6 heteroatoms. The van der Waals surface area contributed by atoms with Gasteiger partial charge in [-0.15, -0.1) is 0 Å². The van der Waals surface area contributed by atoms with Crippen LogP contribution in [0.2, 0.25) is 0 Å². The fourth-order valence-electron chi connectivity index (χ4n) is 2.73. The predicted molar refractivity (Wildman–Crippen MR) is 87.5 cm³/mol. The number of hydrogen-bond donors (Lipinski definition) is 3. The van der Waals surface area contributed by atoms with Crippen molar-refractivity contribution in [2.75, 3.05) is 13.1 Å². The number of carbonyl (C=O) groups is 1. The lowest BCUT2D eigenvalue weighted by Gasteiger charge is -2.25. The van der Waals surface area contributed by atoms with Crippen LogP contribution in [0.4, 0.5) is 4.79 Å². The lowest BCUT2D eigenvalue weighted by molar-refractivity contribution is 0.0290. The van der Waals surface area contributed by atoms with Crippen molar-refractivity contribution in [2.24, 2.45) is 0 Å². The van der Waals surface area contributed by atoms with Crippen molar-refractivity contribution in [3.63, 3.8) is 0 Å². The maximum Gasteiger partial charge on any atom is 0.410 e. The molecule has 1 amide bonds. The van der Waals surface area contributed by atoms with Gasteiger partial charge < -0.3 is 25.2 Å². The number of likely N-dealkylation sites (tertiary alicyclic amines) is 1. The number of phenols is 2. The van der Waals surface area contributed by atoms with Crippen LogP contribution in [-0.2, 0) is 4.74 Å². The summed E-state index contributed by atoms with van der Waals surface area (Å²) < 4.78 is 5.38. The molecule has 1 aliphatic heterocycles. The topological polar surface area (TPSA) is 82.0 Å². The predicted octanol–water partition coefficient (Wildman–Crippen LogP) is 2.76. The second-order valence-corrected chi connectivity index (χ2v) is 7.04. The molecule has 1 aliphatic rings. The number of phenolic OH excluding ortho intramolecular Hbond substituents is 2. The van der Waals surface area contributed by atoms with Crippen molar-refractivity contribution >= 4 is 6.09 Å². The van der Waals surface area contributed by atoms with Crippen LogP contribution >= 0.6 is 0 Å². The smallest absolute Gasteiger partial charge is 0.410 e. The van der Waals surface area contributed by atoms with Gasteiger partial charge in [-0.1, -0.05) is 6.07 Å². The van der Waals surface area contributed by atoms with Crippen molar-refractivity contribution in [1.82, 2.24) is 10.2 Å². The Morgan fingerprint density at radius 1 is 1.39 bits per heavy atom. The largest absolute Gasteiger partial charge is 0.508 e. The molecule has 2 rings (SSSR count). The first-order valence-electron chi connectivity index (χ1n) is 7.91. The third kappa shape index (κ3) is 4.76. The van der Waals surface area contributed by atoms with Gasteiger partial charge in [-0.25, -0.2) is 4.79 Å². The molecule has 1 saturated heterocycles. The Bertz CT molecular complexity index is 568. The van der Waals surface area contributed by atoms with Crippen LogP contribution in [0, 0.1) is 0 Å². The number of ether oxygens (including phenoxy) is 1. The highest BCUT2D eigenvalue weighted by Crippen LogP contribution is 2.28. The summed E-state index contributed by atoms with van der Waals surface area (Å²) in [5.41, 5.74) is 0.229. The number of nitrogens with one attached hydrogen (secondary N) is 1. The Kier molecular flexibility index (Phi) is 5.04. The van der Waals surface area contributed by atoms with Gasteiger partial charge in [-0.2, -0.15) is 0 Å². The number of benzene rings is 1. The van der Waals surface area contributed by atoms with Crippen LogP contribution in [-0.4, -0.2) is 45.9 Å². The van der Waals surface area contributed by atoms with E-state index >= 15 is 0 Å². The van der Waals surface area contributed by atoms with Crippen LogP contribution in [0.15, 0.2) is 18.2 Å². The maximum atomic E-state index is 12.1. The number of hydrogen-bond acceptors (Lipinski definition) is 5. The quantitative estimate of drug-likeness (QED) is 0.797. The highest BCUT2D eigenvalue weighted by molar-refractivity contribution is 5.68. The molecular weight excluding hydrogens is 296 g/mol. The van der Waals surface area contributed by atoms with Crippen LogP contribution < -0.4 is 5.32 Å². The van der Waals surface area contributed by atoms with Crippen molar-refractivity contribution in [2.45, 2.75) is 51.8 Å². The first-order chi connectivity index (χ1) is 10.7. The molecule has 0 bridgehead atoms. The van der Waals surface area contributed by atoms with Gasteiger partial charge in [0.25, 0.3) is 0 Å². The van der Waals surface area contributed by atoms with Crippen LogP contribution in [0.25, 0.3) is 0 Å². The maximum absolute atomic E-state index is 12.1. The molecule has 1 fully saturated rings. The van der Waals surface area contributed by atoms with Crippen molar-refractivity contribution in [3.05, 3.63) is 23.8 Å². The van der Waals surface area contributed by atoms with E-state index in [-0.39, 0.29) is 29.7 Å². The molecular formula is C17H26N2O4. The highest BCUT2D eigenvalue weighted by atomic mass is 16.6. The molecule has 0 radical (unpaired) electrons. The fourth-order valence-corrected chi connectivity index (χ4v) is 2.73. The van der Waals surface area contributed by atoms with Gasteiger partial charge in [0.1, 0.15) is 17.1 Å². The first kappa shape index (κ1) is 17.4. The second kappa shape index (κ2) is 6.66. The number of amides is 1. The zero-order valence-corrected chi connectivity index (χ0v) is 14.2. The molecule has 2 atom stereocenters. The molecule has 1 heterocycles. The SMILES string of the molecule is CC(NC1CCN(C(=O)OC(C)(C)C)C1)c1ccc(O)cc1O. The standard InChI is InChI=1S/C17H26N2O4/c1-11(14-6-5-13(20)9-15(14)21)18-12-7-8-19(10-12)16(22)23-17(2,3)4/h5-6,9,11-12,18,20-21H,7-8,10H2,1-4H3. The molecule has 0 aromatic heterocycles. The van der Waals surface area contributed by atoms with E-state index in [9.17, 15) is 15.0 Å². The van der Waals surface area contributed by atoms with Crippen molar-refractivity contribution in [3.8, 4) is 11.5 Å². The van der Waals surface area contributed by atoms with Gasteiger partial charge in [0.05, 0.1) is 0 Å². The number of aromatic hydroxyl groups is 2. The minimum absolute atomic E-state index is 0.0374. The van der Waals surface area contributed by atoms with Crippen LogP contribution in [0.5, 0.6) is 11.5 Å². The van der Waals surface area contributed by atoms with E-state index in [1.54, 1.807) is 17.0 Å². The van der Waals surface area contributed by atoms with E-state index in [2.05, 4.69) is 5.32 Å². The first-order valence-corrected chi connectivity index (χ1v) is 7.91. The minimum atomic E-state index is -0.492. The summed E-state index contributed by atoms with van der Waals surface area (Å²) in [6.45, 7) is 8.74. The summed E-state index contributed by atoms with van der Waals surface area (Å²) in [5, 5.41) is 22.7. The van der Waals surface area contributed by atoms with Gasteiger partial charge in [-0.05, 0) is 40.2 Å². The summed E-state index contributed by atoms with van der Waals surface area (Å²) in [6, 6.07) is 4.64. The Morgan fingerprint density at radius 3 is 2.70 bits per heavy atom. The molecule has 3 N–H and O–H groups in total. The molecule has 0 spiro atoms. The van der Waals surface area contributed by atoms with Crippen molar-refractivity contribution < 1.29 is 19.7 Å². The minimum Gasteiger partial charge on any atom is -0.508 e. The molecule has 1 aromatic carbocycles. The second-order valence-electron chi connectivity index (χ2n) is 7.04. The molecule has 1 aromatic rings. The zero-order chi connectivity index (χ0) is 17.2. The summed E-state index contributed by atoms with van der Waals surface area (Å²) in [4.78, 5) is 13.8. The number of carbonyl (C=O) groups excluding carboxylic acids is 1. The van der Waals surface area contributed by atoms with E-state index < -0.39 is 5.60 Å². The molecule has 128 valence electrons. The zero-order valence-electron chi connectivity index (χ0n) is 14.2. The lowest BCUT2D eigenvalue weighted by Crippen LogP contribution is -2.39. The molecule has 0 aliphatic carbocycles.